The van der Waals surface area contributed by atoms with Crippen LogP contribution in [0.15, 0.2) is 47.8 Å². The SMILES string of the molecule is CN(c1ccc(C(N)=NO)cc1)c1ncccc1F. The first-order valence-corrected chi connectivity index (χ1v) is 5.55. The summed E-state index contributed by atoms with van der Waals surface area (Å²) in [6.45, 7) is 0. The molecule has 98 valence electrons. The highest BCUT2D eigenvalue weighted by atomic mass is 19.1. The smallest absolute Gasteiger partial charge is 0.170 e. The first-order chi connectivity index (χ1) is 9.13. The summed E-state index contributed by atoms with van der Waals surface area (Å²) in [5.41, 5.74) is 6.80. The molecule has 0 saturated carbocycles. The lowest BCUT2D eigenvalue weighted by molar-refractivity contribution is 0.318. The van der Waals surface area contributed by atoms with Crippen molar-refractivity contribution in [3.63, 3.8) is 0 Å². The van der Waals surface area contributed by atoms with E-state index in [1.807, 2.05) is 0 Å². The van der Waals surface area contributed by atoms with E-state index in [9.17, 15) is 4.39 Å². The zero-order valence-electron chi connectivity index (χ0n) is 10.3. The van der Waals surface area contributed by atoms with Gasteiger partial charge in [0.25, 0.3) is 0 Å². The number of amidine groups is 1. The zero-order valence-corrected chi connectivity index (χ0v) is 10.3. The van der Waals surface area contributed by atoms with Crippen molar-refractivity contribution in [3.05, 3.63) is 54.0 Å². The topological polar surface area (TPSA) is 74.7 Å². The molecule has 0 bridgehead atoms. The van der Waals surface area contributed by atoms with Crippen LogP contribution < -0.4 is 10.6 Å². The molecule has 0 spiro atoms. The lowest BCUT2D eigenvalue weighted by Crippen LogP contribution is -2.15. The second-order valence-electron chi connectivity index (χ2n) is 3.90. The van der Waals surface area contributed by atoms with Crippen LogP contribution in [-0.2, 0) is 0 Å². The Morgan fingerprint density at radius 1 is 1.32 bits per heavy atom. The molecule has 5 nitrogen and oxygen atoms in total. The first kappa shape index (κ1) is 12.8. The van der Waals surface area contributed by atoms with Gasteiger partial charge in [0, 0.05) is 24.5 Å². The van der Waals surface area contributed by atoms with Crippen molar-refractivity contribution in [1.29, 1.82) is 0 Å². The Labute approximate surface area is 109 Å². The molecule has 1 aromatic carbocycles. The molecule has 3 N–H and O–H groups in total. The van der Waals surface area contributed by atoms with E-state index in [0.29, 0.717) is 5.56 Å². The second kappa shape index (κ2) is 5.34. The molecule has 0 aliphatic rings. The van der Waals surface area contributed by atoms with Crippen molar-refractivity contribution in [1.82, 2.24) is 4.98 Å². The van der Waals surface area contributed by atoms with E-state index in [2.05, 4.69) is 10.1 Å². The summed E-state index contributed by atoms with van der Waals surface area (Å²) in [6, 6.07) is 9.73. The average molecular weight is 260 g/mol. The lowest BCUT2D eigenvalue weighted by atomic mass is 10.2. The predicted molar refractivity (Wildman–Crippen MR) is 71.2 cm³/mol. The second-order valence-corrected chi connectivity index (χ2v) is 3.90. The summed E-state index contributed by atoms with van der Waals surface area (Å²) in [4.78, 5) is 5.61. The maximum absolute atomic E-state index is 13.6. The van der Waals surface area contributed by atoms with Crippen molar-refractivity contribution in [2.45, 2.75) is 0 Å². The molecule has 1 heterocycles. The highest BCUT2D eigenvalue weighted by Crippen LogP contribution is 2.23. The summed E-state index contributed by atoms with van der Waals surface area (Å²) in [5, 5.41) is 11.5. The number of oxime groups is 1. The van der Waals surface area contributed by atoms with E-state index in [0.717, 1.165) is 5.69 Å². The molecule has 0 amide bonds. The van der Waals surface area contributed by atoms with Gasteiger partial charge in [0.1, 0.15) is 0 Å². The quantitative estimate of drug-likeness (QED) is 0.383. The van der Waals surface area contributed by atoms with Gasteiger partial charge < -0.3 is 15.8 Å². The molecule has 0 radical (unpaired) electrons. The Balaban J connectivity index is 2.30. The average Bonchev–Trinajstić information content (AvgIpc) is 2.46. The first-order valence-electron chi connectivity index (χ1n) is 5.55. The van der Waals surface area contributed by atoms with Crippen LogP contribution >= 0.6 is 0 Å². The van der Waals surface area contributed by atoms with Crippen molar-refractivity contribution < 1.29 is 9.60 Å². The fourth-order valence-electron chi connectivity index (χ4n) is 1.66. The van der Waals surface area contributed by atoms with E-state index in [1.54, 1.807) is 36.2 Å². The Hall–Kier alpha value is -2.63. The van der Waals surface area contributed by atoms with Gasteiger partial charge in [-0.1, -0.05) is 5.16 Å². The number of hydrogen-bond donors (Lipinski definition) is 2. The molecule has 2 aromatic rings. The summed E-state index contributed by atoms with van der Waals surface area (Å²) in [6.07, 6.45) is 1.53. The molecule has 0 aliphatic heterocycles. The van der Waals surface area contributed by atoms with Gasteiger partial charge in [0.2, 0.25) is 0 Å². The summed E-state index contributed by atoms with van der Waals surface area (Å²) < 4.78 is 13.6. The normalized spacial score (nSPS) is 11.4. The number of halogens is 1. The van der Waals surface area contributed by atoms with Crippen LogP contribution in [0.5, 0.6) is 0 Å². The van der Waals surface area contributed by atoms with E-state index >= 15 is 0 Å². The molecule has 6 heteroatoms. The zero-order chi connectivity index (χ0) is 13.8. The van der Waals surface area contributed by atoms with Crippen LogP contribution in [0.2, 0.25) is 0 Å². The number of anilines is 2. The Kier molecular flexibility index (Phi) is 3.61. The molecule has 0 fully saturated rings. The molecule has 0 unspecified atom stereocenters. The van der Waals surface area contributed by atoms with Gasteiger partial charge in [-0.2, -0.15) is 0 Å². The number of hydrogen-bond acceptors (Lipinski definition) is 4. The standard InChI is InChI=1S/C13H13FN4O/c1-18(13-11(14)3-2-8-16-13)10-6-4-9(5-7-10)12(15)17-19/h2-8,19H,1H3,(H2,15,17). The monoisotopic (exact) mass is 260 g/mol. The van der Waals surface area contributed by atoms with Gasteiger partial charge in [-0.05, 0) is 36.4 Å². The van der Waals surface area contributed by atoms with Gasteiger partial charge in [-0.3, -0.25) is 0 Å². The van der Waals surface area contributed by atoms with Gasteiger partial charge in [-0.25, -0.2) is 9.37 Å². The minimum atomic E-state index is -0.398. The van der Waals surface area contributed by atoms with Crippen LogP contribution in [0.1, 0.15) is 5.56 Å². The molecule has 0 saturated heterocycles. The number of nitrogens with zero attached hydrogens (tertiary/aromatic N) is 3. The third kappa shape index (κ3) is 2.62. The van der Waals surface area contributed by atoms with Crippen molar-refractivity contribution >= 4 is 17.3 Å². The Morgan fingerprint density at radius 3 is 2.58 bits per heavy atom. The number of pyridine rings is 1. The van der Waals surface area contributed by atoms with Crippen LogP contribution in [0.3, 0.4) is 0 Å². The molecular formula is C13H13FN4O. The van der Waals surface area contributed by atoms with Crippen LogP contribution in [0.4, 0.5) is 15.9 Å². The van der Waals surface area contributed by atoms with E-state index < -0.39 is 5.82 Å². The molecule has 0 aliphatic carbocycles. The van der Waals surface area contributed by atoms with Crippen LogP contribution in [-0.4, -0.2) is 23.1 Å². The molecule has 0 atom stereocenters. The fraction of sp³-hybridized carbons (Fsp3) is 0.0769. The lowest BCUT2D eigenvalue weighted by Gasteiger charge is -2.18. The molecular weight excluding hydrogens is 247 g/mol. The van der Waals surface area contributed by atoms with Crippen molar-refractivity contribution in [3.8, 4) is 0 Å². The minimum Gasteiger partial charge on any atom is -0.409 e. The highest BCUT2D eigenvalue weighted by molar-refractivity contribution is 5.97. The fourth-order valence-corrected chi connectivity index (χ4v) is 1.66. The largest absolute Gasteiger partial charge is 0.409 e. The van der Waals surface area contributed by atoms with Gasteiger partial charge in [0.15, 0.2) is 17.5 Å². The maximum Gasteiger partial charge on any atom is 0.170 e. The van der Waals surface area contributed by atoms with E-state index in [1.165, 1.54) is 18.3 Å². The van der Waals surface area contributed by atoms with E-state index in [-0.39, 0.29) is 11.7 Å². The summed E-state index contributed by atoms with van der Waals surface area (Å²) in [5.74, 6) is -0.136. The third-order valence-electron chi connectivity index (χ3n) is 2.71. The van der Waals surface area contributed by atoms with Crippen molar-refractivity contribution in [2.24, 2.45) is 10.9 Å². The van der Waals surface area contributed by atoms with Crippen LogP contribution in [0.25, 0.3) is 0 Å². The Morgan fingerprint density at radius 2 is 2.00 bits per heavy atom. The summed E-state index contributed by atoms with van der Waals surface area (Å²) in [7, 11) is 1.71. The van der Waals surface area contributed by atoms with E-state index in [4.69, 9.17) is 10.9 Å². The predicted octanol–water partition coefficient (Wildman–Crippen LogP) is 2.08. The van der Waals surface area contributed by atoms with Crippen LogP contribution in [0, 0.1) is 5.82 Å². The molecule has 19 heavy (non-hydrogen) atoms. The molecule has 1 aromatic heterocycles. The number of benzene rings is 1. The van der Waals surface area contributed by atoms with Gasteiger partial charge in [0.05, 0.1) is 0 Å². The summed E-state index contributed by atoms with van der Waals surface area (Å²) >= 11 is 0. The Bertz CT molecular complexity index is 598. The number of nitrogens with two attached hydrogens (primary N) is 1. The minimum absolute atomic E-state index is 0.0261. The third-order valence-corrected chi connectivity index (χ3v) is 2.71. The van der Waals surface area contributed by atoms with Crippen molar-refractivity contribution in [2.75, 3.05) is 11.9 Å². The maximum atomic E-state index is 13.6. The number of rotatable bonds is 3. The van der Waals surface area contributed by atoms with Gasteiger partial charge in [-0.15, -0.1) is 0 Å². The number of aromatic nitrogens is 1. The highest BCUT2D eigenvalue weighted by Gasteiger charge is 2.10. The van der Waals surface area contributed by atoms with Gasteiger partial charge >= 0.3 is 0 Å². The molecule has 2 rings (SSSR count).